The Kier molecular flexibility index (Phi) is 8.48. The van der Waals surface area contributed by atoms with Gasteiger partial charge in [0.1, 0.15) is 0 Å². The minimum Gasteiger partial charge on any atom is -0.337 e. The molecule has 240 valence electrons. The molecule has 3 aromatic rings. The van der Waals surface area contributed by atoms with E-state index >= 15 is 0 Å². The normalized spacial score (nSPS) is 20.1. The van der Waals surface area contributed by atoms with Gasteiger partial charge in [0.25, 0.3) is 11.8 Å². The number of rotatable bonds is 8. The average molecular weight is 648 g/mol. The summed E-state index contributed by atoms with van der Waals surface area (Å²) in [6, 6.07) is 4.96. The number of urea groups is 1. The first-order valence-electron chi connectivity index (χ1n) is 14.8. The third-order valence-corrected chi connectivity index (χ3v) is 8.86. The van der Waals surface area contributed by atoms with Crippen LogP contribution in [0, 0.1) is 0 Å². The SMILES string of the molecule is CNC1CC(NC(=O)N2CCN(C(=O)c3ccc(NC(=O)c4ncc(Cc5c(C(F)(F)F)n[nH]c5C5CC5)[nH]4)cc3Cl)CC2)C1. The van der Waals surface area contributed by atoms with Gasteiger partial charge >= 0.3 is 12.2 Å². The molecule has 3 heterocycles. The third kappa shape index (κ3) is 6.78. The van der Waals surface area contributed by atoms with Crippen molar-refractivity contribution in [3.63, 3.8) is 0 Å². The Balaban J connectivity index is 1.03. The van der Waals surface area contributed by atoms with Gasteiger partial charge in [-0.1, -0.05) is 11.6 Å². The van der Waals surface area contributed by atoms with Crippen LogP contribution in [0.3, 0.4) is 0 Å². The van der Waals surface area contributed by atoms with E-state index in [0.717, 1.165) is 25.7 Å². The molecule has 3 fully saturated rings. The Morgan fingerprint density at radius 3 is 2.42 bits per heavy atom. The molecule has 0 bridgehead atoms. The summed E-state index contributed by atoms with van der Waals surface area (Å²) in [5.74, 6) is -0.978. The highest BCUT2D eigenvalue weighted by atomic mass is 35.5. The second kappa shape index (κ2) is 12.4. The van der Waals surface area contributed by atoms with E-state index in [2.05, 4.69) is 36.1 Å². The fourth-order valence-corrected chi connectivity index (χ4v) is 5.99. The molecule has 2 saturated carbocycles. The second-order valence-electron chi connectivity index (χ2n) is 11.7. The number of anilines is 1. The van der Waals surface area contributed by atoms with Crippen molar-refractivity contribution < 1.29 is 27.6 Å². The maximum Gasteiger partial charge on any atom is 0.435 e. The van der Waals surface area contributed by atoms with Gasteiger partial charge in [-0.25, -0.2) is 9.78 Å². The van der Waals surface area contributed by atoms with Crippen molar-refractivity contribution in [2.45, 2.75) is 56.3 Å². The minimum absolute atomic E-state index is 0.0219. The maximum absolute atomic E-state index is 13.5. The van der Waals surface area contributed by atoms with Crippen molar-refractivity contribution in [1.82, 2.24) is 40.6 Å². The molecule has 45 heavy (non-hydrogen) atoms. The number of halogens is 4. The number of carbonyl (C=O) groups is 3. The van der Waals surface area contributed by atoms with Crippen LogP contribution in [0.5, 0.6) is 0 Å². The summed E-state index contributed by atoms with van der Waals surface area (Å²) in [6.07, 6.45) is -0.00858. The molecular weight excluding hydrogens is 615 g/mol. The fourth-order valence-electron chi connectivity index (χ4n) is 5.73. The number of aromatic amines is 2. The largest absolute Gasteiger partial charge is 0.435 e. The van der Waals surface area contributed by atoms with E-state index in [0.29, 0.717) is 49.3 Å². The van der Waals surface area contributed by atoms with Gasteiger partial charge in [-0.05, 0) is 50.9 Å². The van der Waals surface area contributed by atoms with Gasteiger partial charge in [-0.2, -0.15) is 18.3 Å². The summed E-state index contributed by atoms with van der Waals surface area (Å²) in [6.45, 7) is 1.52. The van der Waals surface area contributed by atoms with Gasteiger partial charge in [0.05, 0.1) is 10.6 Å². The lowest BCUT2D eigenvalue weighted by Crippen LogP contribution is -2.58. The van der Waals surface area contributed by atoms with Crippen molar-refractivity contribution >= 4 is 35.1 Å². The first-order chi connectivity index (χ1) is 21.5. The van der Waals surface area contributed by atoms with Gasteiger partial charge in [-0.3, -0.25) is 14.7 Å². The molecule has 0 unspecified atom stereocenters. The predicted octanol–water partition coefficient (Wildman–Crippen LogP) is 3.74. The highest BCUT2D eigenvalue weighted by molar-refractivity contribution is 6.34. The second-order valence-corrected chi connectivity index (χ2v) is 12.1. The van der Waals surface area contributed by atoms with Gasteiger partial charge in [0.15, 0.2) is 11.5 Å². The Labute approximate surface area is 261 Å². The number of hydrogen-bond acceptors (Lipinski definition) is 6. The van der Waals surface area contributed by atoms with Crippen molar-refractivity contribution in [3.05, 3.63) is 63.5 Å². The molecule has 1 aromatic carbocycles. The van der Waals surface area contributed by atoms with Crippen LogP contribution in [0.2, 0.25) is 5.02 Å². The number of imidazole rings is 1. The summed E-state index contributed by atoms with van der Waals surface area (Å²) in [5.41, 5.74) is 0.445. The third-order valence-electron chi connectivity index (χ3n) is 8.55. The highest BCUT2D eigenvalue weighted by Crippen LogP contribution is 2.44. The molecule has 4 amide bonds. The van der Waals surface area contributed by atoms with E-state index in [1.165, 1.54) is 24.4 Å². The van der Waals surface area contributed by atoms with Gasteiger partial charge in [0.2, 0.25) is 0 Å². The Bertz CT molecular complexity index is 1590. The molecule has 16 heteroatoms. The number of alkyl halides is 3. The van der Waals surface area contributed by atoms with E-state index in [1.54, 1.807) is 9.80 Å². The maximum atomic E-state index is 13.5. The summed E-state index contributed by atoms with van der Waals surface area (Å²) in [7, 11) is 1.90. The molecule has 2 aromatic heterocycles. The molecule has 0 radical (unpaired) electrons. The smallest absolute Gasteiger partial charge is 0.337 e. The quantitative estimate of drug-likeness (QED) is 0.251. The van der Waals surface area contributed by atoms with Crippen LogP contribution in [-0.4, -0.2) is 93.1 Å². The molecule has 5 N–H and O–H groups in total. The molecule has 0 atom stereocenters. The van der Waals surface area contributed by atoms with Crippen LogP contribution >= 0.6 is 11.6 Å². The number of hydrogen-bond donors (Lipinski definition) is 5. The zero-order valence-corrected chi connectivity index (χ0v) is 25.2. The number of amides is 4. The lowest BCUT2D eigenvalue weighted by Gasteiger charge is -2.39. The van der Waals surface area contributed by atoms with Crippen LogP contribution in [0.1, 0.15) is 75.2 Å². The van der Waals surface area contributed by atoms with E-state index in [1.807, 2.05) is 7.05 Å². The monoisotopic (exact) mass is 647 g/mol. The Morgan fingerprint density at radius 2 is 1.78 bits per heavy atom. The fraction of sp³-hybridized carbons (Fsp3) is 0.483. The molecular formula is C29H33ClF3N9O3. The van der Waals surface area contributed by atoms with Crippen LogP contribution in [0.4, 0.5) is 23.7 Å². The van der Waals surface area contributed by atoms with E-state index in [-0.39, 0.29) is 52.3 Å². The number of piperazine rings is 1. The zero-order valence-electron chi connectivity index (χ0n) is 24.4. The van der Waals surface area contributed by atoms with Crippen LogP contribution in [-0.2, 0) is 12.6 Å². The lowest BCUT2D eigenvalue weighted by molar-refractivity contribution is -0.141. The first-order valence-corrected chi connectivity index (χ1v) is 15.2. The standard InChI is InChI=1S/C29H33ClF3N9O3/c1-34-17-10-18(11-17)38-28(45)42-8-6-41(7-9-42)27(44)20-5-4-16(13-22(20)30)37-26(43)25-35-14-19(36-25)12-21-23(15-2-3-15)39-40-24(21)29(31,32)33/h4-5,13-15,17-18,34H,2-3,6-12H2,1H3,(H,35,36)(H,37,43)(H,38,45)(H,39,40). The summed E-state index contributed by atoms with van der Waals surface area (Å²) >= 11 is 6.43. The molecule has 1 aliphatic heterocycles. The molecule has 3 aliphatic rings. The summed E-state index contributed by atoms with van der Waals surface area (Å²) in [4.78, 5) is 48.8. The number of aromatic nitrogens is 4. The average Bonchev–Trinajstić information content (AvgIpc) is 3.56. The van der Waals surface area contributed by atoms with Gasteiger partial charge < -0.3 is 30.7 Å². The van der Waals surface area contributed by atoms with E-state index in [4.69, 9.17) is 11.6 Å². The van der Waals surface area contributed by atoms with Crippen LogP contribution in [0.25, 0.3) is 0 Å². The molecule has 2 aliphatic carbocycles. The number of benzene rings is 1. The summed E-state index contributed by atoms with van der Waals surface area (Å²) in [5, 5.41) is 15.0. The number of nitrogens with one attached hydrogen (secondary N) is 5. The zero-order chi connectivity index (χ0) is 31.9. The molecule has 0 spiro atoms. The molecule has 1 saturated heterocycles. The van der Waals surface area contributed by atoms with Crippen LogP contribution < -0.4 is 16.0 Å². The predicted molar refractivity (Wildman–Crippen MR) is 158 cm³/mol. The number of carbonyl (C=O) groups excluding carboxylic acids is 3. The first kappa shape index (κ1) is 30.9. The lowest BCUT2D eigenvalue weighted by atomic mass is 9.87. The van der Waals surface area contributed by atoms with Crippen molar-refractivity contribution in [1.29, 1.82) is 0 Å². The molecule has 6 rings (SSSR count). The van der Waals surface area contributed by atoms with E-state index < -0.39 is 17.8 Å². The Hall–Kier alpha value is -4.11. The number of nitrogens with zero attached hydrogens (tertiary/aromatic N) is 4. The van der Waals surface area contributed by atoms with Gasteiger partial charge in [-0.15, -0.1) is 0 Å². The number of H-pyrrole nitrogens is 2. The summed E-state index contributed by atoms with van der Waals surface area (Å²) < 4.78 is 40.6. The van der Waals surface area contributed by atoms with Gasteiger partial charge in [0, 0.05) is 79.4 Å². The molecule has 12 nitrogen and oxygen atoms in total. The van der Waals surface area contributed by atoms with E-state index in [9.17, 15) is 27.6 Å². The highest BCUT2D eigenvalue weighted by Gasteiger charge is 2.41. The Morgan fingerprint density at radius 1 is 1.07 bits per heavy atom. The topological polar surface area (TPSA) is 151 Å². The minimum atomic E-state index is -4.61. The van der Waals surface area contributed by atoms with Crippen LogP contribution in [0.15, 0.2) is 24.4 Å². The van der Waals surface area contributed by atoms with Crippen molar-refractivity contribution in [2.24, 2.45) is 0 Å². The van der Waals surface area contributed by atoms with Crippen molar-refractivity contribution in [3.8, 4) is 0 Å². The van der Waals surface area contributed by atoms with Crippen molar-refractivity contribution in [2.75, 3.05) is 38.5 Å².